The molecule has 0 aliphatic carbocycles. The molecular formula is C14H17BrO2. The molecule has 0 aliphatic heterocycles. The first-order valence-electron chi connectivity index (χ1n) is 5.38. The van der Waals surface area contributed by atoms with Gasteiger partial charge in [0.2, 0.25) is 0 Å². The van der Waals surface area contributed by atoms with Gasteiger partial charge in [0, 0.05) is 34.2 Å². The standard InChI is InChI=1S/C14H17BrO2/c1-4-6-7-8-9-13(12(3)5-2)17-14(16)10-11-15/h4-8,12-13H,2,9H2,1,3H3/b6-4+,8-7-/t12-,13+/m0/s1. The van der Waals surface area contributed by atoms with Gasteiger partial charge in [0.15, 0.2) is 0 Å². The Bertz CT molecular complexity index is 358. The second kappa shape index (κ2) is 9.92. The van der Waals surface area contributed by atoms with Crippen molar-refractivity contribution in [1.82, 2.24) is 0 Å². The highest BCUT2D eigenvalue weighted by Crippen LogP contribution is 2.13. The summed E-state index contributed by atoms with van der Waals surface area (Å²) in [7, 11) is 0. The molecule has 0 aromatic rings. The monoisotopic (exact) mass is 296 g/mol. The fourth-order valence-electron chi connectivity index (χ4n) is 1.13. The van der Waals surface area contributed by atoms with Crippen molar-refractivity contribution in [3.05, 3.63) is 37.0 Å². The normalized spacial score (nSPS) is 14.1. The lowest BCUT2D eigenvalue weighted by Gasteiger charge is -2.18. The lowest BCUT2D eigenvalue weighted by atomic mass is 10.0. The first-order valence-corrected chi connectivity index (χ1v) is 6.17. The summed E-state index contributed by atoms with van der Waals surface area (Å²) in [6, 6.07) is 0. The summed E-state index contributed by atoms with van der Waals surface area (Å²) in [5.74, 6) is 1.85. The van der Waals surface area contributed by atoms with E-state index in [0.717, 1.165) is 0 Å². The van der Waals surface area contributed by atoms with Gasteiger partial charge in [0.1, 0.15) is 6.10 Å². The molecule has 0 N–H and O–H groups in total. The lowest BCUT2D eigenvalue weighted by molar-refractivity contribution is -0.143. The van der Waals surface area contributed by atoms with Crippen molar-refractivity contribution >= 4 is 21.9 Å². The third-order valence-corrected chi connectivity index (χ3v) is 2.37. The maximum absolute atomic E-state index is 11.3. The van der Waals surface area contributed by atoms with E-state index in [1.807, 2.05) is 38.2 Å². The van der Waals surface area contributed by atoms with Gasteiger partial charge in [-0.3, -0.25) is 0 Å². The van der Waals surface area contributed by atoms with Crippen molar-refractivity contribution in [3.8, 4) is 10.8 Å². The largest absolute Gasteiger partial charge is 0.452 e. The maximum atomic E-state index is 11.3. The summed E-state index contributed by atoms with van der Waals surface area (Å²) in [6.45, 7) is 7.60. The molecule has 2 atom stereocenters. The molecule has 17 heavy (non-hydrogen) atoms. The first kappa shape index (κ1) is 15.7. The van der Waals surface area contributed by atoms with Gasteiger partial charge < -0.3 is 4.74 Å². The molecule has 0 rings (SSSR count). The Balaban J connectivity index is 4.46. The lowest BCUT2D eigenvalue weighted by Crippen LogP contribution is -2.22. The van der Waals surface area contributed by atoms with Crippen LogP contribution in [0.5, 0.6) is 0 Å². The topological polar surface area (TPSA) is 26.3 Å². The predicted molar refractivity (Wildman–Crippen MR) is 74.5 cm³/mol. The number of hydrogen-bond donors (Lipinski definition) is 0. The van der Waals surface area contributed by atoms with Crippen molar-refractivity contribution in [3.63, 3.8) is 0 Å². The Hall–Kier alpha value is -1.27. The van der Waals surface area contributed by atoms with E-state index in [4.69, 9.17) is 4.74 Å². The van der Waals surface area contributed by atoms with Crippen molar-refractivity contribution < 1.29 is 9.53 Å². The zero-order valence-electron chi connectivity index (χ0n) is 10.2. The zero-order chi connectivity index (χ0) is 13.1. The molecule has 0 fully saturated rings. The number of allylic oxidation sites excluding steroid dienone is 3. The highest BCUT2D eigenvalue weighted by molar-refractivity contribution is 9.12. The molecule has 0 saturated heterocycles. The van der Waals surface area contributed by atoms with Crippen molar-refractivity contribution in [2.24, 2.45) is 5.92 Å². The summed E-state index contributed by atoms with van der Waals surface area (Å²) in [6.07, 6.45) is 9.93. The Morgan fingerprint density at radius 1 is 1.53 bits per heavy atom. The van der Waals surface area contributed by atoms with Gasteiger partial charge in [0.25, 0.3) is 0 Å². The Labute approximate surface area is 112 Å². The molecule has 0 bridgehead atoms. The second-order valence-corrected chi connectivity index (χ2v) is 3.84. The van der Waals surface area contributed by atoms with Crippen molar-refractivity contribution in [1.29, 1.82) is 0 Å². The van der Waals surface area contributed by atoms with Crippen LogP contribution < -0.4 is 0 Å². The molecule has 2 nitrogen and oxygen atoms in total. The third kappa shape index (κ3) is 7.59. The molecule has 0 heterocycles. The Morgan fingerprint density at radius 2 is 2.24 bits per heavy atom. The number of rotatable bonds is 6. The molecule has 0 aliphatic rings. The van der Waals surface area contributed by atoms with Gasteiger partial charge in [-0.25, -0.2) is 4.79 Å². The fraction of sp³-hybridized carbons (Fsp3) is 0.357. The SMILES string of the molecule is C=C[C@H](C)[C@@H](C/C=C\C=C\C)OC(=O)C#CBr. The molecule has 0 aromatic heterocycles. The van der Waals surface area contributed by atoms with Crippen LogP contribution >= 0.6 is 15.9 Å². The average Bonchev–Trinajstić information content (AvgIpc) is 2.32. The van der Waals surface area contributed by atoms with Crippen LogP contribution in [0.1, 0.15) is 20.3 Å². The molecule has 0 radical (unpaired) electrons. The number of hydrogen-bond acceptors (Lipinski definition) is 2. The number of esters is 1. The Morgan fingerprint density at radius 3 is 2.76 bits per heavy atom. The van der Waals surface area contributed by atoms with E-state index in [0.29, 0.717) is 6.42 Å². The summed E-state index contributed by atoms with van der Waals surface area (Å²) in [4.78, 5) is 13.6. The van der Waals surface area contributed by atoms with Gasteiger partial charge >= 0.3 is 5.97 Å². The molecule has 0 amide bonds. The van der Waals surface area contributed by atoms with Crippen LogP contribution in [0.15, 0.2) is 37.0 Å². The van der Waals surface area contributed by atoms with Crippen LogP contribution in [-0.4, -0.2) is 12.1 Å². The van der Waals surface area contributed by atoms with Crippen molar-refractivity contribution in [2.75, 3.05) is 0 Å². The highest BCUT2D eigenvalue weighted by Gasteiger charge is 2.16. The number of ether oxygens (including phenoxy) is 1. The third-order valence-electron chi connectivity index (χ3n) is 2.17. The molecule has 3 heteroatoms. The molecular weight excluding hydrogens is 280 g/mol. The molecule has 0 spiro atoms. The van der Waals surface area contributed by atoms with E-state index >= 15 is 0 Å². The van der Waals surface area contributed by atoms with E-state index in [1.165, 1.54) is 0 Å². The summed E-state index contributed by atoms with van der Waals surface area (Å²) < 4.78 is 5.23. The van der Waals surface area contributed by atoms with Gasteiger partial charge in [-0.2, -0.15) is 0 Å². The van der Waals surface area contributed by atoms with E-state index in [2.05, 4.69) is 33.3 Å². The summed E-state index contributed by atoms with van der Waals surface area (Å²) in [5.41, 5.74) is 0. The van der Waals surface area contributed by atoms with Gasteiger partial charge in [0.05, 0.1) is 0 Å². The summed E-state index contributed by atoms with van der Waals surface area (Å²) in [5, 5.41) is 0. The minimum atomic E-state index is -0.528. The quantitative estimate of drug-likeness (QED) is 0.324. The van der Waals surface area contributed by atoms with Crippen LogP contribution in [0, 0.1) is 16.7 Å². The minimum Gasteiger partial charge on any atom is -0.452 e. The van der Waals surface area contributed by atoms with Gasteiger partial charge in [-0.1, -0.05) is 37.3 Å². The van der Waals surface area contributed by atoms with Crippen LogP contribution in [-0.2, 0) is 9.53 Å². The Kier molecular flexibility index (Phi) is 9.18. The van der Waals surface area contributed by atoms with E-state index < -0.39 is 5.97 Å². The van der Waals surface area contributed by atoms with Gasteiger partial charge in [-0.15, -0.1) is 6.58 Å². The highest BCUT2D eigenvalue weighted by atomic mass is 79.9. The first-order chi connectivity index (χ1) is 8.15. The molecule has 0 aromatic carbocycles. The smallest absolute Gasteiger partial charge is 0.385 e. The number of carbonyl (C=O) groups is 1. The zero-order valence-corrected chi connectivity index (χ0v) is 11.7. The van der Waals surface area contributed by atoms with E-state index in [-0.39, 0.29) is 12.0 Å². The second-order valence-electron chi connectivity index (χ2n) is 3.45. The van der Waals surface area contributed by atoms with Gasteiger partial charge in [-0.05, 0) is 11.8 Å². The van der Waals surface area contributed by atoms with Crippen molar-refractivity contribution in [2.45, 2.75) is 26.4 Å². The minimum absolute atomic E-state index is 0.0892. The molecule has 92 valence electrons. The maximum Gasteiger partial charge on any atom is 0.385 e. The predicted octanol–water partition coefficient (Wildman–Crippen LogP) is 3.60. The van der Waals surface area contributed by atoms with E-state index in [1.54, 1.807) is 6.08 Å². The molecule has 0 unspecified atom stereocenters. The fourth-order valence-corrected chi connectivity index (χ4v) is 1.29. The molecule has 0 saturated carbocycles. The van der Waals surface area contributed by atoms with Crippen LogP contribution in [0.3, 0.4) is 0 Å². The average molecular weight is 297 g/mol. The van der Waals surface area contributed by atoms with Crippen LogP contribution in [0.4, 0.5) is 0 Å². The van der Waals surface area contributed by atoms with Crippen LogP contribution in [0.2, 0.25) is 0 Å². The number of carbonyl (C=O) groups excluding carboxylic acids is 1. The summed E-state index contributed by atoms with van der Waals surface area (Å²) >= 11 is 2.86. The van der Waals surface area contributed by atoms with Crippen LogP contribution in [0.25, 0.3) is 0 Å². The van der Waals surface area contributed by atoms with E-state index in [9.17, 15) is 4.79 Å². The number of halogens is 1.